The summed E-state index contributed by atoms with van der Waals surface area (Å²) < 4.78 is 10.7. The minimum atomic E-state index is -0.142. The number of amides is 1. The number of methoxy groups -OCH3 is 1. The van der Waals surface area contributed by atoms with Crippen molar-refractivity contribution in [3.05, 3.63) is 17.5 Å². The molecule has 2 atom stereocenters. The fourth-order valence-electron chi connectivity index (χ4n) is 2.41. The van der Waals surface area contributed by atoms with Crippen LogP contribution < -0.4 is 5.32 Å². The number of carbonyl (C=O) groups is 1. The number of hydrogen-bond acceptors (Lipinski definition) is 4. The summed E-state index contributed by atoms with van der Waals surface area (Å²) in [6.07, 6.45) is 3.06. The molecule has 2 fully saturated rings. The molecule has 0 radical (unpaired) electrons. The summed E-state index contributed by atoms with van der Waals surface area (Å²) in [4.78, 5) is 12.1. The van der Waals surface area contributed by atoms with E-state index in [1.54, 1.807) is 7.11 Å². The summed E-state index contributed by atoms with van der Waals surface area (Å²) in [5.41, 5.74) is 1.53. The molecule has 6 nitrogen and oxygen atoms in total. The van der Waals surface area contributed by atoms with Gasteiger partial charge in [-0.3, -0.25) is 9.89 Å². The Morgan fingerprint density at radius 1 is 1.53 bits per heavy atom. The number of aromatic amines is 1. The molecule has 2 N–H and O–H groups in total. The first-order valence-corrected chi connectivity index (χ1v) is 6.74. The Bertz CT molecular complexity index is 456. The van der Waals surface area contributed by atoms with E-state index in [0.717, 1.165) is 12.1 Å². The normalized spacial score (nSPS) is 27.2. The second-order valence-corrected chi connectivity index (χ2v) is 5.20. The van der Waals surface area contributed by atoms with Crippen LogP contribution in [0.4, 0.5) is 0 Å². The molecule has 2 heterocycles. The first kappa shape index (κ1) is 12.6. The van der Waals surface area contributed by atoms with Crippen molar-refractivity contribution in [3.8, 4) is 0 Å². The van der Waals surface area contributed by atoms with Gasteiger partial charge in [-0.25, -0.2) is 0 Å². The molecule has 0 unspecified atom stereocenters. The largest absolute Gasteiger partial charge is 0.379 e. The van der Waals surface area contributed by atoms with E-state index in [1.165, 1.54) is 12.8 Å². The van der Waals surface area contributed by atoms with Gasteiger partial charge in [0.2, 0.25) is 0 Å². The summed E-state index contributed by atoms with van der Waals surface area (Å²) in [7, 11) is 1.64. The molecule has 1 aromatic rings. The van der Waals surface area contributed by atoms with Crippen LogP contribution in [0.1, 0.15) is 41.4 Å². The number of nitrogens with one attached hydrogen (secondary N) is 2. The molecule has 6 heteroatoms. The Balaban J connectivity index is 1.62. The number of hydrogen-bond donors (Lipinski definition) is 2. The average molecular weight is 265 g/mol. The first-order chi connectivity index (χ1) is 9.28. The monoisotopic (exact) mass is 265 g/mol. The van der Waals surface area contributed by atoms with Crippen LogP contribution in [0.25, 0.3) is 0 Å². The van der Waals surface area contributed by atoms with Gasteiger partial charge >= 0.3 is 0 Å². The highest BCUT2D eigenvalue weighted by molar-refractivity contribution is 5.92. The van der Waals surface area contributed by atoms with Crippen molar-refractivity contribution in [2.24, 2.45) is 0 Å². The molecule has 0 aromatic carbocycles. The lowest BCUT2D eigenvalue weighted by molar-refractivity contribution is -0.0479. The quantitative estimate of drug-likeness (QED) is 0.845. The maximum atomic E-state index is 12.1. The van der Waals surface area contributed by atoms with Gasteiger partial charge in [0.05, 0.1) is 12.6 Å². The van der Waals surface area contributed by atoms with Crippen LogP contribution in [0.3, 0.4) is 0 Å². The van der Waals surface area contributed by atoms with Crippen LogP contribution >= 0.6 is 0 Å². The van der Waals surface area contributed by atoms with Gasteiger partial charge in [-0.15, -0.1) is 0 Å². The van der Waals surface area contributed by atoms with Crippen LogP contribution in [0.5, 0.6) is 0 Å². The SMILES string of the molecule is CO[C@@H]1COCC[C@H]1NC(=O)c1cc(C2CC2)[nH]n1. The summed E-state index contributed by atoms with van der Waals surface area (Å²) in [6, 6.07) is 1.85. The molecule has 3 rings (SSSR count). The maximum absolute atomic E-state index is 12.1. The van der Waals surface area contributed by atoms with E-state index in [4.69, 9.17) is 9.47 Å². The molecule has 0 spiro atoms. The highest BCUT2D eigenvalue weighted by Gasteiger charge is 2.29. The van der Waals surface area contributed by atoms with E-state index in [0.29, 0.717) is 24.8 Å². The molecule has 19 heavy (non-hydrogen) atoms. The summed E-state index contributed by atoms with van der Waals surface area (Å²) in [5, 5.41) is 10.0. The van der Waals surface area contributed by atoms with Crippen molar-refractivity contribution >= 4 is 5.91 Å². The fraction of sp³-hybridized carbons (Fsp3) is 0.692. The molecule has 1 amide bonds. The molecule has 1 aliphatic heterocycles. The Hall–Kier alpha value is -1.40. The second-order valence-electron chi connectivity index (χ2n) is 5.20. The van der Waals surface area contributed by atoms with Crippen LogP contribution in [0.15, 0.2) is 6.07 Å². The zero-order valence-electron chi connectivity index (χ0n) is 11.0. The third-order valence-electron chi connectivity index (χ3n) is 3.77. The fourth-order valence-corrected chi connectivity index (χ4v) is 2.41. The Morgan fingerprint density at radius 3 is 3.11 bits per heavy atom. The lowest BCUT2D eigenvalue weighted by atomic mass is 10.1. The highest BCUT2D eigenvalue weighted by atomic mass is 16.5. The van der Waals surface area contributed by atoms with Gasteiger partial charge in [0.1, 0.15) is 11.8 Å². The van der Waals surface area contributed by atoms with Gasteiger partial charge in [0.25, 0.3) is 5.91 Å². The lowest BCUT2D eigenvalue weighted by Gasteiger charge is -2.30. The van der Waals surface area contributed by atoms with E-state index in [1.807, 2.05) is 6.07 Å². The van der Waals surface area contributed by atoms with Gasteiger partial charge < -0.3 is 14.8 Å². The molecule has 0 bridgehead atoms. The Morgan fingerprint density at radius 2 is 2.37 bits per heavy atom. The van der Waals surface area contributed by atoms with Crippen molar-refractivity contribution in [1.82, 2.24) is 15.5 Å². The number of rotatable bonds is 4. The van der Waals surface area contributed by atoms with Gasteiger partial charge in [-0.05, 0) is 25.3 Å². The number of carbonyl (C=O) groups excluding carboxylic acids is 1. The van der Waals surface area contributed by atoms with E-state index in [9.17, 15) is 4.79 Å². The third kappa shape index (κ3) is 2.79. The van der Waals surface area contributed by atoms with E-state index < -0.39 is 0 Å². The van der Waals surface area contributed by atoms with Crippen molar-refractivity contribution in [2.45, 2.75) is 37.3 Å². The smallest absolute Gasteiger partial charge is 0.272 e. The maximum Gasteiger partial charge on any atom is 0.272 e. The predicted octanol–water partition coefficient (Wildman–Crippen LogP) is 0.821. The number of ether oxygens (including phenoxy) is 2. The molecule has 104 valence electrons. The van der Waals surface area contributed by atoms with E-state index >= 15 is 0 Å². The minimum Gasteiger partial charge on any atom is -0.379 e. The van der Waals surface area contributed by atoms with Crippen molar-refractivity contribution in [2.75, 3.05) is 20.3 Å². The van der Waals surface area contributed by atoms with Crippen molar-refractivity contribution in [3.63, 3.8) is 0 Å². The standard InChI is InChI=1S/C13H19N3O3/c1-18-12-7-19-5-4-9(12)14-13(17)11-6-10(15-16-11)8-2-3-8/h6,8-9,12H,2-5,7H2,1H3,(H,14,17)(H,15,16)/t9-,12-/m1/s1. The number of aromatic nitrogens is 2. The van der Waals surface area contributed by atoms with Gasteiger partial charge in [0, 0.05) is 25.3 Å². The molecular weight excluding hydrogens is 246 g/mol. The predicted molar refractivity (Wildman–Crippen MR) is 68.0 cm³/mol. The molecule has 1 aromatic heterocycles. The topological polar surface area (TPSA) is 76.2 Å². The second kappa shape index (κ2) is 5.30. The van der Waals surface area contributed by atoms with Crippen molar-refractivity contribution < 1.29 is 14.3 Å². The molecule has 1 saturated heterocycles. The van der Waals surface area contributed by atoms with Gasteiger partial charge in [0.15, 0.2) is 0 Å². The molecule has 1 aliphatic carbocycles. The van der Waals surface area contributed by atoms with Gasteiger partial charge in [-0.1, -0.05) is 0 Å². The minimum absolute atomic E-state index is 0.00711. The highest BCUT2D eigenvalue weighted by Crippen LogP contribution is 2.38. The zero-order valence-corrected chi connectivity index (χ0v) is 11.0. The Labute approximate surface area is 111 Å². The van der Waals surface area contributed by atoms with Crippen molar-refractivity contribution in [1.29, 1.82) is 0 Å². The Kier molecular flexibility index (Phi) is 3.52. The zero-order chi connectivity index (χ0) is 13.2. The van der Waals surface area contributed by atoms with Crippen LogP contribution in [-0.2, 0) is 9.47 Å². The molecule has 2 aliphatic rings. The number of H-pyrrole nitrogens is 1. The van der Waals surface area contributed by atoms with Crippen LogP contribution in [-0.4, -0.2) is 48.6 Å². The molecule has 1 saturated carbocycles. The van der Waals surface area contributed by atoms with E-state index in [2.05, 4.69) is 15.5 Å². The summed E-state index contributed by atoms with van der Waals surface area (Å²) in [5.74, 6) is 0.431. The van der Waals surface area contributed by atoms with E-state index in [-0.39, 0.29) is 18.1 Å². The lowest BCUT2D eigenvalue weighted by Crippen LogP contribution is -2.49. The first-order valence-electron chi connectivity index (χ1n) is 6.74. The summed E-state index contributed by atoms with van der Waals surface area (Å²) >= 11 is 0. The van der Waals surface area contributed by atoms with Gasteiger partial charge in [-0.2, -0.15) is 5.10 Å². The van der Waals surface area contributed by atoms with Crippen LogP contribution in [0, 0.1) is 0 Å². The summed E-state index contributed by atoms with van der Waals surface area (Å²) in [6.45, 7) is 1.17. The number of nitrogens with zero attached hydrogens (tertiary/aromatic N) is 1. The average Bonchev–Trinajstić information content (AvgIpc) is 3.17. The third-order valence-corrected chi connectivity index (χ3v) is 3.77. The van der Waals surface area contributed by atoms with Crippen LogP contribution in [0.2, 0.25) is 0 Å². The molecular formula is C13H19N3O3.